The van der Waals surface area contributed by atoms with Crippen LogP contribution in [0.4, 0.5) is 0 Å². The molecule has 42 heavy (non-hydrogen) atoms. The third-order valence-corrected chi connectivity index (χ3v) is 7.21. The van der Waals surface area contributed by atoms with E-state index in [9.17, 15) is 4.79 Å². The second-order valence-corrected chi connectivity index (χ2v) is 10.2. The smallest absolute Gasteiger partial charge is 0.323 e. The lowest BCUT2D eigenvalue weighted by molar-refractivity contribution is -0.147. The number of aromatic nitrogens is 6. The number of likely N-dealkylation sites (N-methyl/N-ethyl adjacent to an activating group) is 1. The number of nitrogens with one attached hydrogen (secondary N) is 2. The lowest BCUT2D eigenvalue weighted by Crippen LogP contribution is -2.35. The van der Waals surface area contributed by atoms with Crippen LogP contribution in [-0.2, 0) is 29.1 Å². The molecule has 13 heteroatoms. The van der Waals surface area contributed by atoms with Crippen molar-refractivity contribution in [1.82, 2.24) is 35.5 Å². The van der Waals surface area contributed by atoms with Gasteiger partial charge in [0.25, 0.3) is 0 Å². The van der Waals surface area contributed by atoms with Gasteiger partial charge >= 0.3 is 5.97 Å². The van der Waals surface area contributed by atoms with Crippen molar-refractivity contribution < 1.29 is 9.53 Å². The summed E-state index contributed by atoms with van der Waals surface area (Å²) in [4.78, 5) is 21.5. The fraction of sp³-hybridized carbons (Fsp3) is 0.379. The molecule has 222 valence electrons. The minimum absolute atomic E-state index is 0.0129. The number of hydrogen-bond acceptors (Lipinski definition) is 8. The molecule has 0 unspecified atom stereocenters. The minimum atomic E-state index is -0.489. The molecule has 4 rings (SSSR count). The van der Waals surface area contributed by atoms with Gasteiger partial charge in [0.05, 0.1) is 5.69 Å². The predicted molar refractivity (Wildman–Crippen MR) is 163 cm³/mol. The van der Waals surface area contributed by atoms with Crippen LogP contribution in [0.2, 0.25) is 5.15 Å². The Morgan fingerprint density at radius 1 is 1.14 bits per heavy atom. The average Bonchev–Trinajstić information content (AvgIpc) is 3.63. The van der Waals surface area contributed by atoms with Gasteiger partial charge in [0.2, 0.25) is 5.82 Å². The molecule has 6 N–H and O–H groups in total. The van der Waals surface area contributed by atoms with Crippen LogP contribution in [0.15, 0.2) is 53.5 Å². The Labute approximate surface area is 249 Å². The van der Waals surface area contributed by atoms with E-state index in [4.69, 9.17) is 27.8 Å². The van der Waals surface area contributed by atoms with Gasteiger partial charge in [-0.2, -0.15) is 5.21 Å². The number of unbranched alkanes of at least 4 members (excludes halogenated alkanes) is 1. The largest absolute Gasteiger partial charge is 0.458 e. The van der Waals surface area contributed by atoms with E-state index < -0.39 is 6.04 Å². The Hall–Kier alpha value is -4.29. The van der Waals surface area contributed by atoms with Crippen molar-refractivity contribution >= 4 is 23.5 Å². The number of halogens is 1. The third-order valence-electron chi connectivity index (χ3n) is 6.91. The lowest BCUT2D eigenvalue weighted by atomic mass is 9.98. The molecule has 12 nitrogen and oxygen atoms in total. The Balaban J connectivity index is 1.51. The van der Waals surface area contributed by atoms with Crippen LogP contribution >= 0.6 is 11.6 Å². The molecule has 0 fully saturated rings. The molecule has 2 aromatic carbocycles. The summed E-state index contributed by atoms with van der Waals surface area (Å²) in [6, 6.07) is 15.7. The quantitative estimate of drug-likeness (QED) is 0.0697. The van der Waals surface area contributed by atoms with E-state index >= 15 is 0 Å². The van der Waals surface area contributed by atoms with Crippen LogP contribution in [0.5, 0.6) is 0 Å². The normalized spacial score (nSPS) is 11.8. The fourth-order valence-corrected chi connectivity index (χ4v) is 4.91. The van der Waals surface area contributed by atoms with Crippen molar-refractivity contribution in [2.24, 2.45) is 16.5 Å². The predicted octanol–water partition coefficient (Wildman–Crippen LogP) is 3.46. The maximum atomic E-state index is 12.9. The van der Waals surface area contributed by atoms with Crippen molar-refractivity contribution in [3.63, 3.8) is 0 Å². The number of aliphatic imine (C=N–C) groups is 1. The van der Waals surface area contributed by atoms with E-state index in [0.29, 0.717) is 42.6 Å². The van der Waals surface area contributed by atoms with Crippen LogP contribution in [-0.4, -0.2) is 61.7 Å². The van der Waals surface area contributed by atoms with E-state index in [-0.39, 0.29) is 18.5 Å². The number of carbonyl (C=O) groups excluding carboxylic acids is 1. The summed E-state index contributed by atoms with van der Waals surface area (Å²) in [7, 11) is 1.72. The molecule has 1 atom stereocenters. The van der Waals surface area contributed by atoms with Crippen LogP contribution in [0.3, 0.4) is 0 Å². The molecule has 2 aromatic heterocycles. The Bertz CT molecular complexity index is 1460. The van der Waals surface area contributed by atoms with Gasteiger partial charge in [0.1, 0.15) is 18.5 Å². The van der Waals surface area contributed by atoms with Crippen molar-refractivity contribution in [2.75, 3.05) is 13.6 Å². The molecular formula is C29H37ClN10O2. The van der Waals surface area contributed by atoms with Gasteiger partial charge in [-0.25, -0.2) is 4.98 Å². The highest BCUT2D eigenvalue weighted by Crippen LogP contribution is 2.30. The number of imidazole rings is 1. The summed E-state index contributed by atoms with van der Waals surface area (Å²) < 4.78 is 7.77. The van der Waals surface area contributed by atoms with Crippen molar-refractivity contribution in [2.45, 2.75) is 58.2 Å². The molecule has 0 bridgehead atoms. The standard InChI is InChI=1S/C29H37ClN10O2/c1-3-4-11-25-35-26(30)24(18-42-28(41)23(33-2)10-7-16-34-29(31)32)40(25)17-19-12-14-20(15-13-19)21-8-5-6-9-22(21)27-36-38-39-37-27/h5-6,8-9,12-15,23,33H,3-4,7,10-11,16-18H2,1-2H3,(H4,31,32,34)(H,36,37,38,39)/t23-/m1/s1. The number of aromatic amines is 1. The lowest BCUT2D eigenvalue weighted by Gasteiger charge is -2.17. The number of esters is 1. The van der Waals surface area contributed by atoms with E-state index in [0.717, 1.165) is 47.3 Å². The first-order valence-corrected chi connectivity index (χ1v) is 14.3. The highest BCUT2D eigenvalue weighted by Gasteiger charge is 2.22. The van der Waals surface area contributed by atoms with Crippen molar-refractivity contribution in [3.05, 3.63) is 70.8 Å². The van der Waals surface area contributed by atoms with E-state index in [1.54, 1.807) is 7.05 Å². The number of carbonyl (C=O) groups is 1. The highest BCUT2D eigenvalue weighted by molar-refractivity contribution is 6.30. The summed E-state index contributed by atoms with van der Waals surface area (Å²) in [5.41, 5.74) is 15.4. The zero-order valence-electron chi connectivity index (χ0n) is 23.9. The Morgan fingerprint density at radius 2 is 1.90 bits per heavy atom. The number of nitrogens with two attached hydrogens (primary N) is 2. The van der Waals surface area contributed by atoms with Crippen molar-refractivity contribution in [1.29, 1.82) is 0 Å². The number of ether oxygens (including phenoxy) is 1. The van der Waals surface area contributed by atoms with E-state index in [1.165, 1.54) is 0 Å². The molecule has 0 radical (unpaired) electrons. The SMILES string of the molecule is CCCCc1nc(Cl)c(COC(=O)[C@@H](CCCN=C(N)N)NC)n1Cc1ccc(-c2ccccc2-c2nn[nH]n2)cc1. The molecule has 0 aliphatic heterocycles. The maximum Gasteiger partial charge on any atom is 0.323 e. The van der Waals surface area contributed by atoms with Gasteiger partial charge < -0.3 is 26.1 Å². The zero-order valence-corrected chi connectivity index (χ0v) is 24.6. The first kappa shape index (κ1) is 30.7. The third kappa shape index (κ3) is 7.92. The van der Waals surface area contributed by atoms with Gasteiger partial charge in [0, 0.05) is 25.1 Å². The highest BCUT2D eigenvalue weighted by atomic mass is 35.5. The molecule has 0 aliphatic rings. The number of H-pyrrole nitrogens is 1. The molecule has 0 spiro atoms. The van der Waals surface area contributed by atoms with E-state index in [2.05, 4.69) is 71.7 Å². The maximum absolute atomic E-state index is 12.9. The number of guanidine groups is 1. The van der Waals surface area contributed by atoms with Gasteiger partial charge in [-0.15, -0.1) is 10.2 Å². The first-order chi connectivity index (χ1) is 20.4. The molecule has 0 saturated carbocycles. The molecular weight excluding hydrogens is 556 g/mol. The second kappa shape index (κ2) is 15.1. The first-order valence-electron chi connectivity index (χ1n) is 14.0. The van der Waals surface area contributed by atoms with Crippen LogP contribution in [0, 0.1) is 0 Å². The Morgan fingerprint density at radius 3 is 2.57 bits per heavy atom. The second-order valence-electron chi connectivity index (χ2n) is 9.83. The number of benzene rings is 2. The Kier molecular flexibility index (Phi) is 11.0. The summed E-state index contributed by atoms with van der Waals surface area (Å²) in [5.74, 6) is 1.06. The zero-order chi connectivity index (χ0) is 29.9. The van der Waals surface area contributed by atoms with Gasteiger partial charge in [-0.3, -0.25) is 9.79 Å². The molecule has 0 amide bonds. The van der Waals surface area contributed by atoms with Crippen LogP contribution < -0.4 is 16.8 Å². The number of aryl methyl sites for hydroxylation is 1. The number of hydrogen-bond donors (Lipinski definition) is 4. The van der Waals surface area contributed by atoms with Crippen molar-refractivity contribution in [3.8, 4) is 22.5 Å². The fourth-order valence-electron chi connectivity index (χ4n) is 4.66. The summed E-state index contributed by atoms with van der Waals surface area (Å²) in [6.45, 7) is 3.12. The number of rotatable bonds is 15. The molecule has 0 aliphatic carbocycles. The molecule has 4 aromatic rings. The summed E-state index contributed by atoms with van der Waals surface area (Å²) in [6.07, 6.45) is 3.92. The molecule has 0 saturated heterocycles. The average molecular weight is 593 g/mol. The van der Waals surface area contributed by atoms with Gasteiger partial charge in [-0.05, 0) is 48.2 Å². The summed E-state index contributed by atoms with van der Waals surface area (Å²) in [5, 5.41) is 17.8. The van der Waals surface area contributed by atoms with Gasteiger partial charge in [0.15, 0.2) is 11.1 Å². The van der Waals surface area contributed by atoms with E-state index in [1.807, 2.05) is 24.3 Å². The molecule has 2 heterocycles. The summed E-state index contributed by atoms with van der Waals surface area (Å²) >= 11 is 6.60. The number of nitrogens with zero attached hydrogens (tertiary/aromatic N) is 6. The number of tetrazole rings is 1. The minimum Gasteiger partial charge on any atom is -0.458 e. The van der Waals surface area contributed by atoms with Crippen LogP contribution in [0.1, 0.15) is 49.7 Å². The monoisotopic (exact) mass is 592 g/mol. The van der Waals surface area contributed by atoms with Gasteiger partial charge in [-0.1, -0.05) is 73.5 Å². The topological polar surface area (TPSA) is 175 Å². The van der Waals surface area contributed by atoms with Crippen LogP contribution in [0.25, 0.3) is 22.5 Å².